The van der Waals surface area contributed by atoms with E-state index in [-0.39, 0.29) is 6.42 Å². The molecule has 0 fully saturated rings. The van der Waals surface area contributed by atoms with Crippen LogP contribution in [-0.2, 0) is 6.42 Å². The summed E-state index contributed by atoms with van der Waals surface area (Å²) in [4.78, 5) is 0. The molecule has 0 aliphatic rings. The minimum Gasteiger partial charge on any atom is -0.388 e. The Morgan fingerprint density at radius 3 is 2.45 bits per heavy atom. The van der Waals surface area contributed by atoms with E-state index in [2.05, 4.69) is 0 Å². The molecular weight excluding hydrogens is 298 g/mol. The van der Waals surface area contributed by atoms with Crippen LogP contribution >= 0.6 is 23.2 Å². The molecule has 2 aromatic carbocycles. The fourth-order valence-corrected chi connectivity index (χ4v) is 2.65. The Morgan fingerprint density at radius 2 is 1.80 bits per heavy atom. The van der Waals surface area contributed by atoms with Crippen molar-refractivity contribution in [3.63, 3.8) is 0 Å². The van der Waals surface area contributed by atoms with Gasteiger partial charge >= 0.3 is 0 Å². The highest BCUT2D eigenvalue weighted by molar-refractivity contribution is 6.31. The smallest absolute Gasteiger partial charge is 0.127 e. The summed E-state index contributed by atoms with van der Waals surface area (Å²) in [5, 5.41) is 11.3. The predicted molar refractivity (Wildman–Crippen MR) is 81.0 cm³/mol. The van der Waals surface area contributed by atoms with Crippen molar-refractivity contribution in [3.8, 4) is 0 Å². The van der Waals surface area contributed by atoms with Crippen LogP contribution in [0.1, 0.15) is 28.4 Å². The molecule has 4 heteroatoms. The molecule has 0 bridgehead atoms. The quantitative estimate of drug-likeness (QED) is 0.843. The summed E-state index contributed by atoms with van der Waals surface area (Å²) in [6.45, 7) is 3.74. The van der Waals surface area contributed by atoms with Crippen LogP contribution in [0, 0.1) is 19.7 Å². The van der Waals surface area contributed by atoms with Gasteiger partial charge in [0.05, 0.1) is 6.10 Å². The third-order valence-corrected chi connectivity index (χ3v) is 4.13. The van der Waals surface area contributed by atoms with Crippen molar-refractivity contribution < 1.29 is 9.50 Å². The van der Waals surface area contributed by atoms with Crippen LogP contribution in [0.15, 0.2) is 30.3 Å². The Bertz CT molecular complexity index is 620. The number of hydrogen-bond donors (Lipinski definition) is 1. The molecule has 0 saturated heterocycles. The van der Waals surface area contributed by atoms with E-state index in [0.29, 0.717) is 15.6 Å². The van der Waals surface area contributed by atoms with Crippen LogP contribution in [0.5, 0.6) is 0 Å². The Kier molecular flexibility index (Phi) is 4.69. The third-order valence-electron chi connectivity index (χ3n) is 3.37. The van der Waals surface area contributed by atoms with E-state index in [4.69, 9.17) is 23.2 Å². The van der Waals surface area contributed by atoms with E-state index in [0.717, 1.165) is 16.7 Å². The van der Waals surface area contributed by atoms with Gasteiger partial charge in [-0.3, -0.25) is 0 Å². The molecular formula is C16H15Cl2FO. The zero-order valence-corrected chi connectivity index (χ0v) is 12.8. The second-order valence-corrected chi connectivity index (χ2v) is 5.69. The second-order valence-electron chi connectivity index (χ2n) is 4.88. The van der Waals surface area contributed by atoms with Gasteiger partial charge in [0.1, 0.15) is 5.82 Å². The standard InChI is InChI=1S/C16H15Cl2FO/c1-9-7-14(18)10(2)6-11(9)16(20)8-12-13(17)4-3-5-15(12)19/h3-7,16,20H,8H2,1-2H3. The molecule has 106 valence electrons. The van der Waals surface area contributed by atoms with Crippen molar-refractivity contribution in [2.75, 3.05) is 0 Å². The van der Waals surface area contributed by atoms with Gasteiger partial charge in [0, 0.05) is 22.0 Å². The number of aliphatic hydroxyl groups excluding tert-OH is 1. The zero-order chi connectivity index (χ0) is 14.9. The molecule has 1 atom stereocenters. The van der Waals surface area contributed by atoms with Crippen molar-refractivity contribution in [2.24, 2.45) is 0 Å². The Labute approximate surface area is 128 Å². The summed E-state index contributed by atoms with van der Waals surface area (Å²) in [6, 6.07) is 8.14. The summed E-state index contributed by atoms with van der Waals surface area (Å²) < 4.78 is 13.8. The molecule has 0 amide bonds. The van der Waals surface area contributed by atoms with Crippen molar-refractivity contribution >= 4 is 23.2 Å². The number of rotatable bonds is 3. The maximum absolute atomic E-state index is 13.8. The summed E-state index contributed by atoms with van der Waals surface area (Å²) in [7, 11) is 0. The molecule has 0 aliphatic carbocycles. The van der Waals surface area contributed by atoms with Crippen LogP contribution in [0.4, 0.5) is 4.39 Å². The van der Waals surface area contributed by atoms with E-state index in [1.807, 2.05) is 19.9 Å². The lowest BCUT2D eigenvalue weighted by molar-refractivity contribution is 0.176. The number of aliphatic hydroxyl groups is 1. The van der Waals surface area contributed by atoms with Crippen molar-refractivity contribution in [3.05, 3.63) is 68.4 Å². The minimum atomic E-state index is -0.819. The molecule has 1 N–H and O–H groups in total. The first-order chi connectivity index (χ1) is 9.40. The molecule has 20 heavy (non-hydrogen) atoms. The highest BCUT2D eigenvalue weighted by Crippen LogP contribution is 2.29. The molecule has 0 saturated carbocycles. The van der Waals surface area contributed by atoms with Crippen LogP contribution in [0.2, 0.25) is 10.0 Å². The molecule has 2 rings (SSSR count). The first-order valence-corrected chi connectivity index (χ1v) is 7.03. The topological polar surface area (TPSA) is 20.2 Å². The lowest BCUT2D eigenvalue weighted by Gasteiger charge is -2.16. The summed E-state index contributed by atoms with van der Waals surface area (Å²) >= 11 is 12.0. The second kappa shape index (κ2) is 6.13. The number of aryl methyl sites for hydroxylation is 2. The average Bonchev–Trinajstić information content (AvgIpc) is 2.38. The van der Waals surface area contributed by atoms with Gasteiger partial charge in [-0.05, 0) is 48.7 Å². The molecule has 0 spiro atoms. The normalized spacial score (nSPS) is 12.5. The van der Waals surface area contributed by atoms with Crippen LogP contribution in [0.25, 0.3) is 0 Å². The molecule has 1 unspecified atom stereocenters. The van der Waals surface area contributed by atoms with E-state index in [1.54, 1.807) is 18.2 Å². The van der Waals surface area contributed by atoms with Gasteiger partial charge in [-0.1, -0.05) is 35.3 Å². The minimum absolute atomic E-state index is 0.132. The third kappa shape index (κ3) is 3.14. The highest BCUT2D eigenvalue weighted by atomic mass is 35.5. The summed E-state index contributed by atoms with van der Waals surface area (Å²) in [6.07, 6.45) is -0.687. The Hall–Kier alpha value is -1.09. The molecule has 0 radical (unpaired) electrons. The Balaban J connectivity index is 2.33. The van der Waals surface area contributed by atoms with Gasteiger partial charge in [0.2, 0.25) is 0 Å². The average molecular weight is 313 g/mol. The number of halogens is 3. The number of benzene rings is 2. The zero-order valence-electron chi connectivity index (χ0n) is 11.3. The fourth-order valence-electron chi connectivity index (χ4n) is 2.19. The SMILES string of the molecule is Cc1cc(C(O)Cc2c(F)cccc2Cl)c(C)cc1Cl. The lowest BCUT2D eigenvalue weighted by atomic mass is 9.96. The van der Waals surface area contributed by atoms with Crippen LogP contribution in [0.3, 0.4) is 0 Å². The molecule has 0 aromatic heterocycles. The van der Waals surface area contributed by atoms with Crippen molar-refractivity contribution in [1.29, 1.82) is 0 Å². The maximum Gasteiger partial charge on any atom is 0.127 e. The van der Waals surface area contributed by atoms with Crippen molar-refractivity contribution in [2.45, 2.75) is 26.4 Å². The lowest BCUT2D eigenvalue weighted by Crippen LogP contribution is -2.06. The fraction of sp³-hybridized carbons (Fsp3) is 0.250. The summed E-state index contributed by atoms with van der Waals surface area (Å²) in [5.74, 6) is -0.403. The van der Waals surface area contributed by atoms with Crippen molar-refractivity contribution in [1.82, 2.24) is 0 Å². The van der Waals surface area contributed by atoms with Gasteiger partial charge in [-0.2, -0.15) is 0 Å². The number of hydrogen-bond acceptors (Lipinski definition) is 1. The van der Waals surface area contributed by atoms with E-state index in [1.165, 1.54) is 6.07 Å². The first-order valence-electron chi connectivity index (χ1n) is 6.27. The Morgan fingerprint density at radius 1 is 1.10 bits per heavy atom. The van der Waals surface area contributed by atoms with E-state index < -0.39 is 11.9 Å². The van der Waals surface area contributed by atoms with E-state index in [9.17, 15) is 9.50 Å². The molecule has 1 nitrogen and oxygen atoms in total. The van der Waals surface area contributed by atoms with Gasteiger partial charge in [-0.15, -0.1) is 0 Å². The van der Waals surface area contributed by atoms with Gasteiger partial charge in [0.15, 0.2) is 0 Å². The first kappa shape index (κ1) is 15.3. The van der Waals surface area contributed by atoms with Gasteiger partial charge in [0.25, 0.3) is 0 Å². The maximum atomic E-state index is 13.8. The van der Waals surface area contributed by atoms with Gasteiger partial charge in [-0.25, -0.2) is 4.39 Å². The van der Waals surface area contributed by atoms with E-state index >= 15 is 0 Å². The summed E-state index contributed by atoms with van der Waals surface area (Å²) in [5.41, 5.74) is 2.83. The monoisotopic (exact) mass is 312 g/mol. The van der Waals surface area contributed by atoms with Crippen LogP contribution in [-0.4, -0.2) is 5.11 Å². The largest absolute Gasteiger partial charge is 0.388 e. The molecule has 0 heterocycles. The van der Waals surface area contributed by atoms with Crippen LogP contribution < -0.4 is 0 Å². The highest BCUT2D eigenvalue weighted by Gasteiger charge is 2.17. The predicted octanol–water partition coefficient (Wildman–Crippen LogP) is 5.03. The molecule has 0 aliphatic heterocycles. The molecule has 2 aromatic rings. The van der Waals surface area contributed by atoms with Gasteiger partial charge < -0.3 is 5.11 Å².